The molecule has 3 rings (SSSR count). The second-order valence-corrected chi connectivity index (χ2v) is 9.70. The van der Waals surface area contributed by atoms with Gasteiger partial charge in [0.25, 0.3) is 0 Å². The lowest BCUT2D eigenvalue weighted by Crippen LogP contribution is -2.48. The molecular formula is C21H30FN5O4S. The highest BCUT2D eigenvalue weighted by molar-refractivity contribution is 7.89. The van der Waals surface area contributed by atoms with Gasteiger partial charge in [0.1, 0.15) is 5.82 Å². The molecule has 1 amide bonds. The van der Waals surface area contributed by atoms with Gasteiger partial charge in [0.2, 0.25) is 21.8 Å². The van der Waals surface area contributed by atoms with Gasteiger partial charge in [0.05, 0.1) is 11.4 Å². The molecule has 0 bridgehead atoms. The van der Waals surface area contributed by atoms with Crippen LogP contribution in [0.1, 0.15) is 37.5 Å². The van der Waals surface area contributed by atoms with Crippen molar-refractivity contribution in [3.05, 3.63) is 41.3 Å². The van der Waals surface area contributed by atoms with Crippen molar-refractivity contribution in [2.75, 3.05) is 39.3 Å². The molecule has 0 saturated carbocycles. The fraction of sp³-hybridized carbons (Fsp3) is 0.571. The molecule has 1 aromatic heterocycles. The number of benzene rings is 1. The van der Waals surface area contributed by atoms with E-state index in [-0.39, 0.29) is 10.8 Å². The normalized spacial score (nSPS) is 15.8. The molecule has 32 heavy (non-hydrogen) atoms. The number of sulfonamides is 1. The van der Waals surface area contributed by atoms with Gasteiger partial charge < -0.3 is 9.42 Å². The summed E-state index contributed by atoms with van der Waals surface area (Å²) in [7, 11) is -3.67. The number of carbonyl (C=O) groups excluding carboxylic acids is 1. The number of aromatic nitrogens is 2. The number of piperazine rings is 1. The van der Waals surface area contributed by atoms with Crippen LogP contribution in [0.4, 0.5) is 4.39 Å². The van der Waals surface area contributed by atoms with E-state index < -0.39 is 15.8 Å². The van der Waals surface area contributed by atoms with Crippen LogP contribution in [0.3, 0.4) is 0 Å². The maximum atomic E-state index is 13.5. The van der Waals surface area contributed by atoms with Gasteiger partial charge in [-0.25, -0.2) is 12.8 Å². The van der Waals surface area contributed by atoms with Crippen molar-refractivity contribution in [1.29, 1.82) is 0 Å². The second-order valence-electron chi connectivity index (χ2n) is 7.76. The molecule has 2 heterocycles. The van der Waals surface area contributed by atoms with Gasteiger partial charge in [-0.1, -0.05) is 5.16 Å². The fourth-order valence-electron chi connectivity index (χ4n) is 3.66. The second kappa shape index (κ2) is 10.5. The predicted molar refractivity (Wildman–Crippen MR) is 116 cm³/mol. The van der Waals surface area contributed by atoms with E-state index >= 15 is 0 Å². The Morgan fingerprint density at radius 2 is 1.88 bits per heavy atom. The number of hydrogen-bond acceptors (Lipinski definition) is 7. The van der Waals surface area contributed by atoms with Crippen molar-refractivity contribution in [1.82, 2.24) is 24.2 Å². The van der Waals surface area contributed by atoms with Gasteiger partial charge in [-0.3, -0.25) is 9.69 Å². The van der Waals surface area contributed by atoms with Crippen molar-refractivity contribution < 1.29 is 22.1 Å². The van der Waals surface area contributed by atoms with E-state index in [1.165, 1.54) is 22.5 Å². The summed E-state index contributed by atoms with van der Waals surface area (Å²) >= 11 is 0. The lowest BCUT2D eigenvalue weighted by Gasteiger charge is -2.33. The SMILES string of the molecule is CCN(CC)C(=O)CCc1nc(CN2CCN(S(=O)(=O)c3ccc(F)c(C)c3)CC2)no1. The summed E-state index contributed by atoms with van der Waals surface area (Å²) in [6.45, 7) is 8.90. The first-order chi connectivity index (χ1) is 15.2. The largest absolute Gasteiger partial charge is 0.343 e. The molecule has 0 spiro atoms. The van der Waals surface area contributed by atoms with Crippen molar-refractivity contribution in [3.63, 3.8) is 0 Å². The Balaban J connectivity index is 1.51. The standard InChI is InChI=1S/C21H30FN5O4S/c1-4-26(5-2)21(28)9-8-20-23-19(24-31-20)15-25-10-12-27(13-11-25)32(29,30)17-6-7-18(22)16(3)14-17/h6-7,14H,4-5,8-13,15H2,1-3H3. The van der Waals surface area contributed by atoms with Crippen LogP contribution >= 0.6 is 0 Å². The number of aryl methyl sites for hydroxylation is 2. The van der Waals surface area contributed by atoms with E-state index in [0.717, 1.165) is 0 Å². The van der Waals surface area contributed by atoms with Gasteiger partial charge in [-0.15, -0.1) is 0 Å². The van der Waals surface area contributed by atoms with E-state index in [1.54, 1.807) is 11.8 Å². The molecule has 9 nitrogen and oxygen atoms in total. The summed E-state index contributed by atoms with van der Waals surface area (Å²) in [5, 5.41) is 3.99. The quantitative estimate of drug-likeness (QED) is 0.555. The molecule has 1 saturated heterocycles. The van der Waals surface area contributed by atoms with E-state index in [9.17, 15) is 17.6 Å². The summed E-state index contributed by atoms with van der Waals surface area (Å²) in [5.41, 5.74) is 0.302. The van der Waals surface area contributed by atoms with Gasteiger partial charge >= 0.3 is 0 Å². The van der Waals surface area contributed by atoms with Crippen molar-refractivity contribution in [2.45, 2.75) is 45.1 Å². The summed E-state index contributed by atoms with van der Waals surface area (Å²) in [5.74, 6) is 0.572. The molecular weight excluding hydrogens is 437 g/mol. The van der Waals surface area contributed by atoms with E-state index in [0.29, 0.717) is 75.9 Å². The van der Waals surface area contributed by atoms with Crippen LogP contribution in [-0.4, -0.2) is 77.8 Å². The van der Waals surface area contributed by atoms with E-state index in [2.05, 4.69) is 15.0 Å². The third-order valence-electron chi connectivity index (χ3n) is 5.64. The number of hydrogen-bond donors (Lipinski definition) is 0. The Morgan fingerprint density at radius 1 is 1.19 bits per heavy atom. The maximum absolute atomic E-state index is 13.5. The molecule has 11 heteroatoms. The van der Waals surface area contributed by atoms with Crippen LogP contribution in [0, 0.1) is 12.7 Å². The molecule has 2 aromatic rings. The van der Waals surface area contributed by atoms with Crippen molar-refractivity contribution in [3.8, 4) is 0 Å². The highest BCUT2D eigenvalue weighted by atomic mass is 32.2. The van der Waals surface area contributed by atoms with E-state index in [4.69, 9.17) is 4.52 Å². The lowest BCUT2D eigenvalue weighted by atomic mass is 10.2. The van der Waals surface area contributed by atoms with Crippen LogP contribution < -0.4 is 0 Å². The minimum atomic E-state index is -3.67. The zero-order valence-corrected chi connectivity index (χ0v) is 19.6. The Bertz CT molecular complexity index is 1030. The number of rotatable bonds is 9. The van der Waals surface area contributed by atoms with E-state index in [1.807, 2.05) is 13.8 Å². The minimum Gasteiger partial charge on any atom is -0.343 e. The lowest BCUT2D eigenvalue weighted by molar-refractivity contribution is -0.130. The Labute approximate surface area is 188 Å². The number of nitrogens with zero attached hydrogens (tertiary/aromatic N) is 5. The summed E-state index contributed by atoms with van der Waals surface area (Å²) in [4.78, 5) is 20.4. The molecule has 176 valence electrons. The molecule has 1 aromatic carbocycles. The van der Waals surface area contributed by atoms with Gasteiger partial charge in [0.15, 0.2) is 5.82 Å². The summed E-state index contributed by atoms with van der Waals surface area (Å²) < 4.78 is 45.9. The third kappa shape index (κ3) is 5.70. The van der Waals surface area contributed by atoms with Gasteiger partial charge in [0, 0.05) is 52.1 Å². The molecule has 1 aliphatic heterocycles. The molecule has 1 fully saturated rings. The number of carbonyl (C=O) groups is 1. The summed E-state index contributed by atoms with van der Waals surface area (Å²) in [6.07, 6.45) is 0.716. The highest BCUT2D eigenvalue weighted by Gasteiger charge is 2.29. The smallest absolute Gasteiger partial charge is 0.243 e. The van der Waals surface area contributed by atoms with Gasteiger partial charge in [-0.05, 0) is 44.5 Å². The Kier molecular flexibility index (Phi) is 7.96. The number of amides is 1. The Hall–Kier alpha value is -2.37. The third-order valence-corrected chi connectivity index (χ3v) is 7.54. The molecule has 1 aliphatic rings. The minimum absolute atomic E-state index is 0.0587. The molecule has 0 atom stereocenters. The van der Waals surface area contributed by atoms with Crippen molar-refractivity contribution >= 4 is 15.9 Å². The summed E-state index contributed by atoms with van der Waals surface area (Å²) in [6, 6.07) is 3.85. The highest BCUT2D eigenvalue weighted by Crippen LogP contribution is 2.20. The maximum Gasteiger partial charge on any atom is 0.243 e. The van der Waals surface area contributed by atoms with Crippen LogP contribution in [0.2, 0.25) is 0 Å². The van der Waals surface area contributed by atoms with Crippen LogP contribution in [0.25, 0.3) is 0 Å². The van der Waals surface area contributed by atoms with Crippen LogP contribution in [0.15, 0.2) is 27.6 Å². The number of halogens is 1. The van der Waals surface area contributed by atoms with Crippen LogP contribution in [0.5, 0.6) is 0 Å². The topological polar surface area (TPSA) is 99.9 Å². The predicted octanol–water partition coefficient (Wildman–Crippen LogP) is 1.82. The molecule has 0 radical (unpaired) electrons. The molecule has 0 aliphatic carbocycles. The van der Waals surface area contributed by atoms with Crippen LogP contribution in [-0.2, 0) is 27.8 Å². The fourth-order valence-corrected chi connectivity index (χ4v) is 5.17. The zero-order valence-electron chi connectivity index (χ0n) is 18.8. The Morgan fingerprint density at radius 3 is 2.50 bits per heavy atom. The van der Waals surface area contributed by atoms with Crippen molar-refractivity contribution in [2.24, 2.45) is 0 Å². The molecule has 0 unspecified atom stereocenters. The molecule has 0 N–H and O–H groups in total. The monoisotopic (exact) mass is 467 g/mol. The average Bonchev–Trinajstić information content (AvgIpc) is 3.22. The zero-order chi connectivity index (χ0) is 23.3. The first-order valence-electron chi connectivity index (χ1n) is 10.8. The first-order valence-corrected chi connectivity index (χ1v) is 12.3. The average molecular weight is 468 g/mol. The van der Waals surface area contributed by atoms with Gasteiger partial charge in [-0.2, -0.15) is 9.29 Å². The first kappa shape index (κ1) is 24.3.